The van der Waals surface area contributed by atoms with Crippen molar-refractivity contribution in [1.82, 2.24) is 0 Å². The molecule has 11 heteroatoms. The Kier molecular flexibility index (Phi) is 5.13. The van der Waals surface area contributed by atoms with E-state index in [0.717, 1.165) is 18.4 Å². The van der Waals surface area contributed by atoms with Crippen molar-refractivity contribution < 1.29 is 31.6 Å². The zero-order valence-electron chi connectivity index (χ0n) is 14.2. The summed E-state index contributed by atoms with van der Waals surface area (Å²) in [4.78, 5) is 23.5. The molecule has 0 aliphatic rings. The number of hydrogen-bond donors (Lipinski definition) is 2. The number of rotatable bonds is 4. The van der Waals surface area contributed by atoms with E-state index < -0.39 is 27.9 Å². The number of nitrogens with one attached hydrogen (secondary N) is 1. The maximum atomic E-state index is 13.2. The van der Waals surface area contributed by atoms with Gasteiger partial charge in [0, 0.05) is 21.5 Å². The average Bonchev–Trinajstić information content (AvgIpc) is 2.92. The van der Waals surface area contributed by atoms with Crippen LogP contribution >= 0.6 is 15.9 Å². The van der Waals surface area contributed by atoms with E-state index in [2.05, 4.69) is 25.4 Å². The van der Waals surface area contributed by atoms with E-state index in [9.17, 15) is 22.4 Å². The molecule has 3 N–H and O–H groups in total. The number of furan rings is 1. The fourth-order valence-corrected chi connectivity index (χ4v) is 3.69. The lowest BCUT2D eigenvalue weighted by Gasteiger charge is -2.06. The molecule has 3 aromatic rings. The van der Waals surface area contributed by atoms with Gasteiger partial charge in [0.25, 0.3) is 0 Å². The summed E-state index contributed by atoms with van der Waals surface area (Å²) in [6.45, 7) is 0. The van der Waals surface area contributed by atoms with Crippen molar-refractivity contribution in [2.75, 3.05) is 11.0 Å². The first-order valence-corrected chi connectivity index (χ1v) is 10.2. The number of anilines is 1. The molecule has 0 spiro atoms. The second-order valence-electron chi connectivity index (χ2n) is 5.72. The monoisotopic (exact) mass is 470 g/mol. The lowest BCUT2D eigenvalue weighted by atomic mass is 10.1. The summed E-state index contributed by atoms with van der Waals surface area (Å²) in [5, 5.41) is 0.233. The molecule has 1 heterocycles. The number of hydrogen-bond acceptors (Lipinski definition) is 6. The van der Waals surface area contributed by atoms with Gasteiger partial charge in [-0.1, -0.05) is 0 Å². The third kappa shape index (κ3) is 4.15. The molecular weight excluding hydrogens is 459 g/mol. The number of sulfonamides is 1. The smallest absolute Gasteiger partial charge is 0.412 e. The zero-order valence-corrected chi connectivity index (χ0v) is 16.6. The largest absolute Gasteiger partial charge is 0.455 e. The number of ether oxygens (including phenoxy) is 1. The number of amides is 1. The van der Waals surface area contributed by atoms with Gasteiger partial charge < -0.3 is 14.9 Å². The Hall–Kier alpha value is -2.92. The van der Waals surface area contributed by atoms with Crippen molar-refractivity contribution >= 4 is 54.7 Å². The van der Waals surface area contributed by atoms with Crippen molar-refractivity contribution in [2.45, 2.75) is 0 Å². The molecule has 1 aromatic heterocycles. The first kappa shape index (κ1) is 19.8. The predicted molar refractivity (Wildman–Crippen MR) is 103 cm³/mol. The zero-order chi connectivity index (χ0) is 20.6. The van der Waals surface area contributed by atoms with Crippen LogP contribution in [-0.4, -0.2) is 26.7 Å². The lowest BCUT2D eigenvalue weighted by Crippen LogP contribution is -2.18. The molecule has 3 rings (SSSR count). The molecule has 0 radical (unpaired) electrons. The van der Waals surface area contributed by atoms with Gasteiger partial charge in [-0.15, -0.1) is 0 Å². The first-order valence-electron chi connectivity index (χ1n) is 7.56. The SMILES string of the molecule is CS(=O)(=O)Nc1cc2oc(-c3ccc(F)cc3)c(C(=O)OC(N)=O)c2cc1Br. The van der Waals surface area contributed by atoms with Crippen molar-refractivity contribution in [3.63, 3.8) is 0 Å². The molecule has 146 valence electrons. The van der Waals surface area contributed by atoms with Crippen LogP contribution in [0.15, 0.2) is 45.3 Å². The van der Waals surface area contributed by atoms with Gasteiger partial charge in [-0.25, -0.2) is 22.4 Å². The Morgan fingerprint density at radius 2 is 1.86 bits per heavy atom. The van der Waals surface area contributed by atoms with Crippen LogP contribution in [0.25, 0.3) is 22.3 Å². The summed E-state index contributed by atoms with van der Waals surface area (Å²) in [7, 11) is -3.58. The van der Waals surface area contributed by atoms with E-state index in [0.29, 0.717) is 10.0 Å². The Morgan fingerprint density at radius 1 is 1.21 bits per heavy atom. The van der Waals surface area contributed by atoms with E-state index >= 15 is 0 Å². The summed E-state index contributed by atoms with van der Waals surface area (Å²) in [6.07, 6.45) is -0.329. The summed E-state index contributed by atoms with van der Waals surface area (Å²) in [5.41, 5.74) is 5.45. The van der Waals surface area contributed by atoms with Crippen LogP contribution < -0.4 is 10.5 Å². The van der Waals surface area contributed by atoms with Crippen LogP contribution in [0.3, 0.4) is 0 Å². The second kappa shape index (κ2) is 7.24. The molecule has 0 saturated heterocycles. The van der Waals surface area contributed by atoms with E-state index in [1.165, 1.54) is 24.3 Å². The highest BCUT2D eigenvalue weighted by molar-refractivity contribution is 9.10. The molecule has 0 aliphatic carbocycles. The van der Waals surface area contributed by atoms with Crippen molar-refractivity contribution in [3.05, 3.63) is 52.3 Å². The van der Waals surface area contributed by atoms with Crippen molar-refractivity contribution in [1.29, 1.82) is 0 Å². The van der Waals surface area contributed by atoms with Gasteiger partial charge in [-0.2, -0.15) is 0 Å². The van der Waals surface area contributed by atoms with Crippen LogP contribution in [0, 0.1) is 5.82 Å². The molecule has 0 fully saturated rings. The summed E-state index contributed by atoms with van der Waals surface area (Å²) in [5.74, 6) is -1.56. The molecule has 0 atom stereocenters. The summed E-state index contributed by atoms with van der Waals surface area (Å²) < 4.78 is 49.1. The molecule has 0 aliphatic heterocycles. The minimum Gasteiger partial charge on any atom is -0.455 e. The molecule has 8 nitrogen and oxygen atoms in total. The number of halogens is 2. The highest BCUT2D eigenvalue weighted by Gasteiger charge is 2.26. The third-order valence-electron chi connectivity index (χ3n) is 3.58. The Balaban J connectivity index is 2.26. The standard InChI is InChI=1S/C17H12BrFN2O6S/c1-28(24,25)21-12-7-13-10(6-11(12)18)14(16(22)27-17(20)23)15(26-13)8-2-4-9(19)5-3-8/h2-7,21H,1H3,(H2,20,23). The number of fused-ring (bicyclic) bond motifs is 1. The highest BCUT2D eigenvalue weighted by Crippen LogP contribution is 2.38. The molecule has 2 aromatic carbocycles. The van der Waals surface area contributed by atoms with Gasteiger partial charge in [0.1, 0.15) is 22.7 Å². The lowest BCUT2D eigenvalue weighted by molar-refractivity contribution is 0.0640. The number of carbonyl (C=O) groups excluding carboxylic acids is 2. The quantitative estimate of drug-likeness (QED) is 0.442. The summed E-state index contributed by atoms with van der Waals surface area (Å²) >= 11 is 3.22. The van der Waals surface area contributed by atoms with Crippen LogP contribution in [0.2, 0.25) is 0 Å². The van der Waals surface area contributed by atoms with Crippen LogP contribution in [0.1, 0.15) is 10.4 Å². The van der Waals surface area contributed by atoms with Gasteiger partial charge >= 0.3 is 12.1 Å². The topological polar surface area (TPSA) is 129 Å². The maximum Gasteiger partial charge on any atom is 0.412 e. The fraction of sp³-hybridized carbons (Fsp3) is 0.0588. The molecule has 0 bridgehead atoms. The van der Waals surface area contributed by atoms with Crippen molar-refractivity contribution in [3.8, 4) is 11.3 Å². The summed E-state index contributed by atoms with van der Waals surface area (Å²) in [6, 6.07) is 7.86. The first-order chi connectivity index (χ1) is 13.0. The number of benzene rings is 2. The molecule has 1 amide bonds. The molecule has 0 unspecified atom stereocenters. The van der Waals surface area contributed by atoms with E-state index in [-0.39, 0.29) is 28.0 Å². The van der Waals surface area contributed by atoms with Gasteiger partial charge in [0.05, 0.1) is 11.9 Å². The third-order valence-corrected chi connectivity index (χ3v) is 4.82. The van der Waals surface area contributed by atoms with Gasteiger partial charge in [0.15, 0.2) is 0 Å². The normalized spacial score (nSPS) is 11.4. The molecular formula is C17H12BrFN2O6S. The number of carbonyl (C=O) groups is 2. The van der Waals surface area contributed by atoms with Gasteiger partial charge in [-0.3, -0.25) is 4.72 Å². The van der Waals surface area contributed by atoms with Crippen LogP contribution in [-0.2, 0) is 14.8 Å². The number of nitrogens with two attached hydrogens (primary N) is 1. The average molecular weight is 471 g/mol. The Labute approximate surface area is 166 Å². The van der Waals surface area contributed by atoms with Crippen molar-refractivity contribution in [2.24, 2.45) is 5.73 Å². The van der Waals surface area contributed by atoms with Gasteiger partial charge in [0.2, 0.25) is 10.0 Å². The van der Waals surface area contributed by atoms with E-state index in [1.54, 1.807) is 0 Å². The minimum atomic E-state index is -3.58. The highest BCUT2D eigenvalue weighted by atomic mass is 79.9. The number of primary amides is 1. The van der Waals surface area contributed by atoms with E-state index in [1.807, 2.05) is 0 Å². The number of esters is 1. The van der Waals surface area contributed by atoms with Crippen LogP contribution in [0.4, 0.5) is 14.9 Å². The second-order valence-corrected chi connectivity index (χ2v) is 8.33. The minimum absolute atomic E-state index is 0.00431. The maximum absolute atomic E-state index is 13.2. The predicted octanol–water partition coefficient (Wildman–Crippen LogP) is 3.61. The fourth-order valence-electron chi connectivity index (χ4n) is 2.54. The van der Waals surface area contributed by atoms with Gasteiger partial charge in [-0.05, 0) is 46.3 Å². The molecule has 28 heavy (non-hydrogen) atoms. The Morgan fingerprint density at radius 3 is 2.43 bits per heavy atom. The molecule has 0 saturated carbocycles. The van der Waals surface area contributed by atoms with E-state index in [4.69, 9.17) is 10.2 Å². The van der Waals surface area contributed by atoms with Crippen LogP contribution in [0.5, 0.6) is 0 Å². The Bertz CT molecular complexity index is 1200.